The van der Waals surface area contributed by atoms with Crippen molar-refractivity contribution in [2.24, 2.45) is 0 Å². The van der Waals surface area contributed by atoms with Crippen LogP contribution in [0.3, 0.4) is 0 Å². The van der Waals surface area contributed by atoms with E-state index in [0.717, 1.165) is 11.1 Å². The average molecular weight is 275 g/mol. The van der Waals surface area contributed by atoms with E-state index in [0.29, 0.717) is 6.42 Å². The number of hydrogen-bond acceptors (Lipinski definition) is 1. The molecule has 0 saturated carbocycles. The Hall–Kier alpha value is -0.317. The summed E-state index contributed by atoms with van der Waals surface area (Å²) < 4.78 is 0. The molecule has 1 aromatic rings. The van der Waals surface area contributed by atoms with Crippen LogP contribution in [0.15, 0.2) is 24.3 Å². The van der Waals surface area contributed by atoms with Gasteiger partial charge in [-0.15, -0.1) is 12.1 Å². The Kier molecular flexibility index (Phi) is 8.70. The number of rotatable bonds is 1. The number of hydrogen-bond donors (Lipinski definition) is 0. The quantitative estimate of drug-likeness (QED) is 0.473. The zero-order chi connectivity index (χ0) is 7.40. The van der Waals surface area contributed by atoms with Gasteiger partial charge in [-0.25, -0.2) is 0 Å². The van der Waals surface area contributed by atoms with E-state index in [2.05, 4.69) is 13.0 Å². The van der Waals surface area contributed by atoms with Gasteiger partial charge in [0.1, 0.15) is 0 Å². The third-order valence-corrected chi connectivity index (χ3v) is 1.31. The molecule has 0 aromatic heterocycles. The molecule has 0 spiro atoms. The first kappa shape index (κ1) is 14.2. The van der Waals surface area contributed by atoms with Gasteiger partial charge < -0.3 is 17.0 Å². The normalized spacial score (nSPS) is 7.25. The van der Waals surface area contributed by atoms with Crippen LogP contribution >= 0.6 is 0 Å². The molecule has 0 heterocycles. The molecule has 0 atom stereocenters. The summed E-state index contributed by atoms with van der Waals surface area (Å²) in [6.07, 6.45) is 0.486. The molecule has 12 heavy (non-hydrogen) atoms. The maximum absolute atomic E-state index is 8.32. The molecule has 0 bridgehead atoms. The summed E-state index contributed by atoms with van der Waals surface area (Å²) in [5.41, 5.74) is 2.04. The van der Waals surface area contributed by atoms with E-state index in [4.69, 9.17) is 5.26 Å². The fourth-order valence-corrected chi connectivity index (χ4v) is 0.748. The van der Waals surface area contributed by atoms with Crippen LogP contribution in [0.2, 0.25) is 0 Å². The van der Waals surface area contributed by atoms with Crippen molar-refractivity contribution < 1.29 is 36.5 Å². The topological polar surface area (TPSA) is 23.8 Å². The summed E-state index contributed by atoms with van der Waals surface area (Å²) in [5, 5.41) is 8.32. The summed E-state index contributed by atoms with van der Waals surface area (Å²) in [6.45, 7) is 3.74. The van der Waals surface area contributed by atoms with Gasteiger partial charge in [0.05, 0.1) is 12.5 Å². The third kappa shape index (κ3) is 4.54. The Bertz CT molecular complexity index is 250. The van der Waals surface area contributed by atoms with Crippen molar-refractivity contribution in [3.8, 4) is 6.07 Å². The van der Waals surface area contributed by atoms with E-state index in [-0.39, 0.29) is 36.5 Å². The van der Waals surface area contributed by atoms with Crippen molar-refractivity contribution in [1.82, 2.24) is 0 Å². The Balaban J connectivity index is 0. The first-order valence-electron chi connectivity index (χ1n) is 3.11. The Labute approximate surface area is 96.3 Å². The minimum absolute atomic E-state index is 0. The third-order valence-electron chi connectivity index (χ3n) is 1.31. The molecule has 0 saturated heterocycles. The largest absolute Gasteiger partial charge is 2.00 e. The van der Waals surface area contributed by atoms with Crippen LogP contribution < -0.4 is 17.0 Å². The minimum Gasteiger partial charge on any atom is -1.00 e. The smallest absolute Gasteiger partial charge is 1.00 e. The second kappa shape index (κ2) is 7.34. The van der Waals surface area contributed by atoms with E-state index in [1.807, 2.05) is 24.3 Å². The SMILES string of the molecule is [Br-].[CH2-]c1ccc(CC#N)cc1.[Zn+2]. The van der Waals surface area contributed by atoms with Crippen LogP contribution in [0.25, 0.3) is 0 Å². The molecule has 0 radical (unpaired) electrons. The Morgan fingerprint density at radius 2 is 1.75 bits per heavy atom. The number of halogens is 1. The molecule has 0 aliphatic carbocycles. The van der Waals surface area contributed by atoms with Gasteiger partial charge in [-0.1, -0.05) is 5.56 Å². The molecular formula is C9H8BrNZn. The molecule has 0 fully saturated rings. The fourth-order valence-electron chi connectivity index (χ4n) is 0.748. The summed E-state index contributed by atoms with van der Waals surface area (Å²) in [6, 6.07) is 9.75. The van der Waals surface area contributed by atoms with Crippen molar-refractivity contribution in [3.63, 3.8) is 0 Å². The molecule has 1 aromatic carbocycles. The number of nitriles is 1. The van der Waals surface area contributed by atoms with E-state index >= 15 is 0 Å². The van der Waals surface area contributed by atoms with Gasteiger partial charge in [0.2, 0.25) is 0 Å². The standard InChI is InChI=1S/C9H8N.BrH.Zn/c1-8-2-4-9(5-3-8)6-7-10;;/h2-5H,1,6H2;1H;/q-1;;+2/p-1. The van der Waals surface area contributed by atoms with Gasteiger partial charge in [-0.3, -0.25) is 0 Å². The predicted octanol–water partition coefficient (Wildman–Crippen LogP) is -1.06. The second-order valence-corrected chi connectivity index (χ2v) is 2.15. The first-order chi connectivity index (χ1) is 4.83. The maximum atomic E-state index is 8.32. The molecular weight excluding hydrogens is 267 g/mol. The molecule has 1 rings (SSSR count). The van der Waals surface area contributed by atoms with Crippen LogP contribution in [0.4, 0.5) is 0 Å². The number of benzene rings is 1. The molecule has 58 valence electrons. The van der Waals surface area contributed by atoms with E-state index in [1.165, 1.54) is 0 Å². The molecule has 0 aliphatic heterocycles. The monoisotopic (exact) mass is 273 g/mol. The summed E-state index contributed by atoms with van der Waals surface area (Å²) in [7, 11) is 0. The zero-order valence-electron chi connectivity index (χ0n) is 6.76. The summed E-state index contributed by atoms with van der Waals surface area (Å²) in [5.74, 6) is 0. The van der Waals surface area contributed by atoms with Crippen molar-refractivity contribution in [2.45, 2.75) is 6.42 Å². The molecule has 3 heteroatoms. The van der Waals surface area contributed by atoms with Gasteiger partial charge in [0.25, 0.3) is 0 Å². The average Bonchev–Trinajstić information content (AvgIpc) is 1.95. The second-order valence-electron chi connectivity index (χ2n) is 2.15. The minimum atomic E-state index is 0. The van der Waals surface area contributed by atoms with Crippen molar-refractivity contribution in [3.05, 3.63) is 42.3 Å². The van der Waals surface area contributed by atoms with E-state index < -0.39 is 0 Å². The van der Waals surface area contributed by atoms with Gasteiger partial charge >= 0.3 is 19.5 Å². The molecule has 0 N–H and O–H groups in total. The van der Waals surface area contributed by atoms with E-state index in [9.17, 15) is 0 Å². The fraction of sp³-hybridized carbons (Fsp3) is 0.111. The summed E-state index contributed by atoms with van der Waals surface area (Å²) >= 11 is 0. The van der Waals surface area contributed by atoms with Crippen LogP contribution in [-0.4, -0.2) is 0 Å². The van der Waals surface area contributed by atoms with Crippen molar-refractivity contribution >= 4 is 0 Å². The maximum Gasteiger partial charge on any atom is 2.00 e. The van der Waals surface area contributed by atoms with Gasteiger partial charge in [-0.05, 0) is 0 Å². The Morgan fingerprint density at radius 1 is 1.25 bits per heavy atom. The summed E-state index contributed by atoms with van der Waals surface area (Å²) in [4.78, 5) is 0. The Morgan fingerprint density at radius 3 is 2.17 bits per heavy atom. The zero-order valence-corrected chi connectivity index (χ0v) is 11.3. The van der Waals surface area contributed by atoms with Crippen molar-refractivity contribution in [2.75, 3.05) is 0 Å². The molecule has 0 amide bonds. The van der Waals surface area contributed by atoms with E-state index in [1.54, 1.807) is 0 Å². The van der Waals surface area contributed by atoms with Crippen molar-refractivity contribution in [1.29, 1.82) is 5.26 Å². The predicted molar refractivity (Wildman–Crippen MR) is 40.2 cm³/mol. The van der Waals surface area contributed by atoms with Crippen LogP contribution in [0.1, 0.15) is 11.1 Å². The number of nitrogens with zero attached hydrogens (tertiary/aromatic N) is 1. The molecule has 1 nitrogen and oxygen atoms in total. The van der Waals surface area contributed by atoms with Gasteiger partial charge in [-0.2, -0.15) is 29.9 Å². The molecule has 0 unspecified atom stereocenters. The van der Waals surface area contributed by atoms with Crippen LogP contribution in [-0.2, 0) is 25.9 Å². The first-order valence-corrected chi connectivity index (χ1v) is 3.11. The van der Waals surface area contributed by atoms with Crippen LogP contribution in [0.5, 0.6) is 0 Å². The van der Waals surface area contributed by atoms with Gasteiger partial charge in [0, 0.05) is 0 Å². The molecule has 0 aliphatic rings. The van der Waals surface area contributed by atoms with Crippen LogP contribution in [0, 0.1) is 18.3 Å². The van der Waals surface area contributed by atoms with Gasteiger partial charge in [0.15, 0.2) is 0 Å².